The first-order chi connectivity index (χ1) is 9.10. The molecule has 1 aliphatic carbocycles. The highest BCUT2D eigenvalue weighted by Crippen LogP contribution is 2.39. The maximum absolute atomic E-state index is 11.9. The normalized spacial score (nSPS) is 26.9. The average molecular weight is 261 g/mol. The number of hydrogen-bond acceptors (Lipinski definition) is 2. The van der Waals surface area contributed by atoms with Crippen molar-refractivity contribution in [2.24, 2.45) is 5.92 Å². The Morgan fingerprint density at radius 1 is 1.42 bits per heavy atom. The molecule has 2 unspecified atom stereocenters. The number of carbonyl (C=O) groups is 1. The van der Waals surface area contributed by atoms with E-state index in [1.54, 1.807) is 0 Å². The van der Waals surface area contributed by atoms with Gasteiger partial charge in [-0.05, 0) is 37.3 Å². The predicted molar refractivity (Wildman–Crippen MR) is 77.4 cm³/mol. The van der Waals surface area contributed by atoms with Gasteiger partial charge in [-0.2, -0.15) is 0 Å². The topological polar surface area (TPSA) is 49.3 Å². The third kappa shape index (κ3) is 2.60. The Kier molecular flexibility index (Phi) is 4.13. The van der Waals surface area contributed by atoms with Crippen LogP contribution in [0.2, 0.25) is 0 Å². The van der Waals surface area contributed by atoms with Gasteiger partial charge in [0, 0.05) is 5.69 Å². The first-order valence-electron chi connectivity index (χ1n) is 7.17. The fourth-order valence-electron chi connectivity index (χ4n) is 3.25. The fraction of sp³-hybridized carbons (Fsp3) is 0.562. The number of carboxylic acids is 1. The van der Waals surface area contributed by atoms with Crippen LogP contribution in [0.3, 0.4) is 0 Å². The molecule has 19 heavy (non-hydrogen) atoms. The van der Waals surface area contributed by atoms with E-state index in [-0.39, 0.29) is 5.92 Å². The Morgan fingerprint density at radius 3 is 2.79 bits per heavy atom. The zero-order valence-corrected chi connectivity index (χ0v) is 11.8. The molecule has 2 N–H and O–H groups in total. The SMILES string of the molecule is CCC1CCCCC1(Nc1ccccc1C)C(=O)O. The van der Waals surface area contributed by atoms with Gasteiger partial charge in [-0.1, -0.05) is 44.4 Å². The Hall–Kier alpha value is -1.51. The smallest absolute Gasteiger partial charge is 0.329 e. The molecule has 104 valence electrons. The standard InChI is InChI=1S/C16H23NO2/c1-3-13-9-6-7-11-16(13,15(18)19)17-14-10-5-4-8-12(14)2/h4-5,8,10,13,17H,3,6-7,9,11H2,1-2H3,(H,18,19). The second-order valence-corrected chi connectivity index (χ2v) is 5.57. The van der Waals surface area contributed by atoms with Crippen LogP contribution in [0.5, 0.6) is 0 Å². The van der Waals surface area contributed by atoms with Gasteiger partial charge in [-0.3, -0.25) is 0 Å². The summed E-state index contributed by atoms with van der Waals surface area (Å²) in [6.07, 6.45) is 4.76. The summed E-state index contributed by atoms with van der Waals surface area (Å²) < 4.78 is 0. The molecule has 1 aromatic rings. The molecule has 1 aliphatic rings. The summed E-state index contributed by atoms with van der Waals surface area (Å²) in [5.41, 5.74) is 1.26. The number of nitrogens with one attached hydrogen (secondary N) is 1. The number of aliphatic carboxylic acids is 1. The number of para-hydroxylation sites is 1. The minimum Gasteiger partial charge on any atom is -0.479 e. The van der Waals surface area contributed by atoms with Crippen molar-refractivity contribution in [1.82, 2.24) is 0 Å². The molecule has 0 spiro atoms. The molecule has 0 bridgehead atoms. The van der Waals surface area contributed by atoms with E-state index in [4.69, 9.17) is 0 Å². The van der Waals surface area contributed by atoms with E-state index < -0.39 is 11.5 Å². The predicted octanol–water partition coefficient (Wildman–Crippen LogP) is 3.83. The maximum atomic E-state index is 11.9. The monoisotopic (exact) mass is 261 g/mol. The molecule has 0 saturated heterocycles. The molecule has 1 aromatic carbocycles. The van der Waals surface area contributed by atoms with E-state index in [9.17, 15) is 9.90 Å². The molecule has 3 nitrogen and oxygen atoms in total. The van der Waals surface area contributed by atoms with Gasteiger partial charge in [0.25, 0.3) is 0 Å². The van der Waals surface area contributed by atoms with Crippen LogP contribution in [-0.4, -0.2) is 16.6 Å². The molecular formula is C16H23NO2. The van der Waals surface area contributed by atoms with Crippen molar-refractivity contribution in [1.29, 1.82) is 0 Å². The average Bonchev–Trinajstić information content (AvgIpc) is 2.41. The molecular weight excluding hydrogens is 238 g/mol. The van der Waals surface area contributed by atoms with Gasteiger partial charge in [0.05, 0.1) is 0 Å². The van der Waals surface area contributed by atoms with Crippen molar-refractivity contribution in [3.63, 3.8) is 0 Å². The summed E-state index contributed by atoms with van der Waals surface area (Å²) in [4.78, 5) is 11.9. The van der Waals surface area contributed by atoms with Gasteiger partial charge >= 0.3 is 5.97 Å². The summed E-state index contributed by atoms with van der Waals surface area (Å²) in [7, 11) is 0. The zero-order valence-electron chi connectivity index (χ0n) is 11.8. The van der Waals surface area contributed by atoms with Crippen molar-refractivity contribution in [3.05, 3.63) is 29.8 Å². The second-order valence-electron chi connectivity index (χ2n) is 5.57. The highest BCUT2D eigenvalue weighted by molar-refractivity contribution is 5.83. The minimum absolute atomic E-state index is 0.207. The Morgan fingerprint density at radius 2 is 2.16 bits per heavy atom. The third-order valence-electron chi connectivity index (χ3n) is 4.45. The van der Waals surface area contributed by atoms with Crippen molar-refractivity contribution >= 4 is 11.7 Å². The summed E-state index contributed by atoms with van der Waals surface area (Å²) >= 11 is 0. The largest absolute Gasteiger partial charge is 0.479 e. The number of benzene rings is 1. The highest BCUT2D eigenvalue weighted by Gasteiger charge is 2.46. The molecule has 1 fully saturated rings. The maximum Gasteiger partial charge on any atom is 0.329 e. The lowest BCUT2D eigenvalue weighted by Gasteiger charge is -2.42. The van der Waals surface area contributed by atoms with Gasteiger partial charge in [0.2, 0.25) is 0 Å². The van der Waals surface area contributed by atoms with Gasteiger partial charge in [-0.15, -0.1) is 0 Å². The first-order valence-corrected chi connectivity index (χ1v) is 7.17. The lowest BCUT2D eigenvalue weighted by atomic mass is 9.71. The zero-order chi connectivity index (χ0) is 13.9. The molecule has 2 rings (SSSR count). The Balaban J connectivity index is 2.34. The van der Waals surface area contributed by atoms with Crippen LogP contribution in [0.25, 0.3) is 0 Å². The summed E-state index contributed by atoms with van der Waals surface area (Å²) in [6.45, 7) is 4.11. The van der Waals surface area contributed by atoms with Crippen LogP contribution >= 0.6 is 0 Å². The summed E-state index contributed by atoms with van der Waals surface area (Å²) in [6, 6.07) is 7.92. The quantitative estimate of drug-likeness (QED) is 0.866. The summed E-state index contributed by atoms with van der Waals surface area (Å²) in [5, 5.41) is 13.1. The van der Waals surface area contributed by atoms with Crippen LogP contribution in [0.4, 0.5) is 5.69 Å². The number of carboxylic acid groups (broad SMARTS) is 1. The van der Waals surface area contributed by atoms with Crippen LogP contribution in [0.1, 0.15) is 44.6 Å². The number of anilines is 1. The third-order valence-corrected chi connectivity index (χ3v) is 4.45. The Bertz CT molecular complexity index is 458. The van der Waals surface area contributed by atoms with Crippen molar-refractivity contribution in [3.8, 4) is 0 Å². The fourth-order valence-corrected chi connectivity index (χ4v) is 3.25. The van der Waals surface area contributed by atoms with Gasteiger partial charge in [-0.25, -0.2) is 4.79 Å². The molecule has 0 radical (unpaired) electrons. The number of hydrogen-bond donors (Lipinski definition) is 2. The van der Waals surface area contributed by atoms with Crippen molar-refractivity contribution < 1.29 is 9.90 Å². The van der Waals surface area contributed by atoms with Crippen molar-refractivity contribution in [2.75, 3.05) is 5.32 Å². The van der Waals surface area contributed by atoms with Gasteiger partial charge in [0.1, 0.15) is 5.54 Å². The Labute approximate surface area is 115 Å². The van der Waals surface area contributed by atoms with Crippen LogP contribution in [-0.2, 0) is 4.79 Å². The van der Waals surface area contributed by atoms with E-state index in [1.807, 2.05) is 31.2 Å². The molecule has 3 heteroatoms. The van der Waals surface area contributed by atoms with Crippen LogP contribution < -0.4 is 5.32 Å². The van der Waals surface area contributed by atoms with Crippen LogP contribution in [0, 0.1) is 12.8 Å². The van der Waals surface area contributed by atoms with Crippen molar-refractivity contribution in [2.45, 2.75) is 51.5 Å². The van der Waals surface area contributed by atoms with Gasteiger partial charge < -0.3 is 10.4 Å². The van der Waals surface area contributed by atoms with E-state index in [2.05, 4.69) is 12.2 Å². The van der Waals surface area contributed by atoms with E-state index in [0.717, 1.165) is 43.4 Å². The number of rotatable bonds is 4. The highest BCUT2D eigenvalue weighted by atomic mass is 16.4. The minimum atomic E-state index is -0.793. The lowest BCUT2D eigenvalue weighted by Crippen LogP contribution is -2.54. The second kappa shape index (κ2) is 5.64. The molecule has 0 heterocycles. The summed E-state index contributed by atoms with van der Waals surface area (Å²) in [5.74, 6) is -0.499. The molecule has 0 amide bonds. The van der Waals surface area contributed by atoms with E-state index >= 15 is 0 Å². The van der Waals surface area contributed by atoms with E-state index in [0.29, 0.717) is 0 Å². The first kappa shape index (κ1) is 13.9. The molecule has 0 aromatic heterocycles. The molecule has 2 atom stereocenters. The van der Waals surface area contributed by atoms with Gasteiger partial charge in [0.15, 0.2) is 0 Å². The van der Waals surface area contributed by atoms with Crippen LogP contribution in [0.15, 0.2) is 24.3 Å². The lowest BCUT2D eigenvalue weighted by molar-refractivity contribution is -0.145. The molecule has 1 saturated carbocycles. The molecule has 0 aliphatic heterocycles. The number of aryl methyl sites for hydroxylation is 1. The van der Waals surface area contributed by atoms with E-state index in [1.165, 1.54) is 0 Å².